The molecule has 0 spiro atoms. The van der Waals surface area contributed by atoms with E-state index in [1.807, 2.05) is 24.3 Å². The molecule has 5 nitrogen and oxygen atoms in total. The molecule has 240 valence electrons. The average molecular weight is 640 g/mol. The Labute approximate surface area is 286 Å². The lowest BCUT2D eigenvalue weighted by Crippen LogP contribution is -2.08. The summed E-state index contributed by atoms with van der Waals surface area (Å²) in [6, 6.07) is 49.1. The van der Waals surface area contributed by atoms with E-state index in [2.05, 4.69) is 151 Å². The van der Waals surface area contributed by atoms with Crippen LogP contribution in [-0.2, 0) is 0 Å². The number of ether oxygens (including phenoxy) is 1. The van der Waals surface area contributed by atoms with Gasteiger partial charge in [-0.05, 0) is 95.1 Å². The quantitative estimate of drug-likeness (QED) is 0.166. The number of hydrogen-bond donors (Lipinski definition) is 0. The molecule has 8 aromatic rings. The summed E-state index contributed by atoms with van der Waals surface area (Å²) in [5.41, 5.74) is 11.4. The Bertz CT molecular complexity index is 2400. The molecule has 0 saturated heterocycles. The summed E-state index contributed by atoms with van der Waals surface area (Å²) in [6.45, 7) is 6.84. The first kappa shape index (κ1) is 30.4. The topological polar surface area (TPSA) is 53.1 Å². The second-order valence-electron chi connectivity index (χ2n) is 12.8. The Morgan fingerprint density at radius 1 is 0.592 bits per heavy atom. The number of hydrogen-bond acceptors (Lipinski definition) is 4. The maximum Gasteiger partial charge on any atom is 0.248 e. The molecule has 6 aromatic carbocycles. The zero-order chi connectivity index (χ0) is 33.5. The number of aryl methyl sites for hydroxylation is 1. The Hall–Kier alpha value is -5.94. The number of para-hydroxylation sites is 2. The van der Waals surface area contributed by atoms with Gasteiger partial charge in [0.15, 0.2) is 0 Å². The third kappa shape index (κ3) is 5.47. The number of fused-ring (bicyclic) bond motifs is 3. The number of aromatic nitrogens is 3. The van der Waals surface area contributed by atoms with Gasteiger partial charge in [-0.2, -0.15) is 0 Å². The monoisotopic (exact) mass is 639 g/mol. The largest absolute Gasteiger partial charge is 0.497 e. The Balaban J connectivity index is 1.30. The highest BCUT2D eigenvalue weighted by molar-refractivity contribution is 6.09. The molecule has 8 rings (SSSR count). The van der Waals surface area contributed by atoms with Crippen molar-refractivity contribution in [2.24, 2.45) is 0 Å². The zero-order valence-electron chi connectivity index (χ0n) is 28.1. The van der Waals surface area contributed by atoms with Crippen LogP contribution in [0.1, 0.15) is 42.4 Å². The van der Waals surface area contributed by atoms with Gasteiger partial charge in [-0.3, -0.25) is 0 Å². The molecule has 0 saturated carbocycles. The van der Waals surface area contributed by atoms with Crippen LogP contribution < -0.4 is 4.74 Å². The Kier molecular flexibility index (Phi) is 7.81. The van der Waals surface area contributed by atoms with Crippen LogP contribution in [0.3, 0.4) is 0 Å². The van der Waals surface area contributed by atoms with Gasteiger partial charge in [-0.25, -0.2) is 0 Å². The SMILES string of the molecule is COc1cccc(-c2nnc(-c3cc(C(C)C(C)c4ccccc4-c4ccccc4C)cc(-n4c5ccccc5c5ccccc54)c3)o2)c1. The lowest BCUT2D eigenvalue weighted by Gasteiger charge is -2.25. The fourth-order valence-electron chi connectivity index (χ4n) is 7.14. The summed E-state index contributed by atoms with van der Waals surface area (Å²) in [5, 5.41) is 11.5. The van der Waals surface area contributed by atoms with Crippen LogP contribution in [0.5, 0.6) is 5.75 Å². The van der Waals surface area contributed by atoms with E-state index < -0.39 is 0 Å². The van der Waals surface area contributed by atoms with E-state index in [0.29, 0.717) is 11.8 Å². The molecule has 2 atom stereocenters. The minimum Gasteiger partial charge on any atom is -0.497 e. The van der Waals surface area contributed by atoms with Crippen LogP contribution >= 0.6 is 0 Å². The van der Waals surface area contributed by atoms with E-state index in [1.54, 1.807) is 7.11 Å². The highest BCUT2D eigenvalue weighted by Crippen LogP contribution is 2.41. The molecule has 0 amide bonds. The van der Waals surface area contributed by atoms with Crippen LogP contribution in [0, 0.1) is 6.92 Å². The summed E-state index contributed by atoms with van der Waals surface area (Å²) in [4.78, 5) is 0. The van der Waals surface area contributed by atoms with Gasteiger partial charge in [-0.15, -0.1) is 10.2 Å². The summed E-state index contributed by atoms with van der Waals surface area (Å²) in [7, 11) is 1.65. The van der Waals surface area contributed by atoms with Crippen molar-refractivity contribution in [3.8, 4) is 45.5 Å². The van der Waals surface area contributed by atoms with Gasteiger partial charge >= 0.3 is 0 Å². The van der Waals surface area contributed by atoms with Gasteiger partial charge in [0, 0.05) is 27.6 Å². The molecule has 2 heterocycles. The van der Waals surface area contributed by atoms with Crippen molar-refractivity contribution in [3.63, 3.8) is 0 Å². The normalized spacial score (nSPS) is 12.7. The third-order valence-corrected chi connectivity index (χ3v) is 9.93. The highest BCUT2D eigenvalue weighted by Gasteiger charge is 2.23. The van der Waals surface area contributed by atoms with Gasteiger partial charge in [-0.1, -0.05) is 105 Å². The first-order valence-electron chi connectivity index (χ1n) is 16.8. The van der Waals surface area contributed by atoms with Gasteiger partial charge in [0.05, 0.1) is 18.1 Å². The van der Waals surface area contributed by atoms with Crippen molar-refractivity contribution in [2.45, 2.75) is 32.6 Å². The predicted octanol–water partition coefficient (Wildman–Crippen LogP) is 11.4. The first-order valence-corrected chi connectivity index (χ1v) is 16.8. The molecular formula is C44H37N3O2. The molecular weight excluding hydrogens is 603 g/mol. The van der Waals surface area contributed by atoms with Gasteiger partial charge < -0.3 is 13.7 Å². The smallest absolute Gasteiger partial charge is 0.248 e. The molecule has 2 aromatic heterocycles. The average Bonchev–Trinajstić information content (AvgIpc) is 3.78. The van der Waals surface area contributed by atoms with E-state index >= 15 is 0 Å². The van der Waals surface area contributed by atoms with Crippen LogP contribution in [0.25, 0.3) is 61.5 Å². The van der Waals surface area contributed by atoms with Crippen molar-refractivity contribution in [1.82, 2.24) is 14.8 Å². The van der Waals surface area contributed by atoms with Gasteiger partial charge in [0.2, 0.25) is 11.8 Å². The van der Waals surface area contributed by atoms with E-state index in [0.717, 1.165) is 33.6 Å². The summed E-state index contributed by atoms with van der Waals surface area (Å²) in [6.07, 6.45) is 0. The second kappa shape index (κ2) is 12.6. The van der Waals surface area contributed by atoms with Gasteiger partial charge in [0.1, 0.15) is 5.75 Å². The molecule has 0 aliphatic carbocycles. The van der Waals surface area contributed by atoms with E-state index in [4.69, 9.17) is 9.15 Å². The second-order valence-corrected chi connectivity index (χ2v) is 12.8. The molecule has 2 unspecified atom stereocenters. The Morgan fingerprint density at radius 3 is 1.94 bits per heavy atom. The standard InChI is InChI=1S/C44H37N3O2/c1-28-14-5-6-17-36(28)38-19-8-7-18-37(38)30(3)29(2)32-24-33(44-46-45-43(49-44)31-15-13-16-35(27-31)48-4)26-34(25-32)47-41-22-11-9-20-39(41)40-21-10-12-23-42(40)47/h5-27,29-30H,1-4H3. The lowest BCUT2D eigenvalue weighted by molar-refractivity contribution is 0.415. The summed E-state index contributed by atoms with van der Waals surface area (Å²) >= 11 is 0. The number of rotatable bonds is 8. The molecule has 0 radical (unpaired) electrons. The molecule has 0 aliphatic rings. The van der Waals surface area contributed by atoms with E-state index in [-0.39, 0.29) is 11.8 Å². The van der Waals surface area contributed by atoms with E-state index in [9.17, 15) is 0 Å². The van der Waals surface area contributed by atoms with Crippen LogP contribution in [0.2, 0.25) is 0 Å². The van der Waals surface area contributed by atoms with Crippen LogP contribution in [0.15, 0.2) is 144 Å². The number of methoxy groups -OCH3 is 1. The lowest BCUT2D eigenvalue weighted by atomic mass is 9.80. The minimum absolute atomic E-state index is 0.165. The summed E-state index contributed by atoms with van der Waals surface area (Å²) < 4.78 is 14.2. The fourth-order valence-corrected chi connectivity index (χ4v) is 7.14. The molecule has 0 aliphatic heterocycles. The number of benzene rings is 6. The van der Waals surface area contributed by atoms with Crippen molar-refractivity contribution in [2.75, 3.05) is 7.11 Å². The van der Waals surface area contributed by atoms with Gasteiger partial charge in [0.25, 0.3) is 0 Å². The van der Waals surface area contributed by atoms with Crippen molar-refractivity contribution >= 4 is 21.8 Å². The maximum absolute atomic E-state index is 6.39. The molecule has 49 heavy (non-hydrogen) atoms. The van der Waals surface area contributed by atoms with Crippen LogP contribution in [0.4, 0.5) is 0 Å². The van der Waals surface area contributed by atoms with Crippen LogP contribution in [-0.4, -0.2) is 21.9 Å². The molecule has 0 N–H and O–H groups in total. The maximum atomic E-state index is 6.39. The van der Waals surface area contributed by atoms with Crippen molar-refractivity contribution < 1.29 is 9.15 Å². The predicted molar refractivity (Wildman–Crippen MR) is 200 cm³/mol. The first-order chi connectivity index (χ1) is 24.0. The number of nitrogens with zero attached hydrogens (tertiary/aromatic N) is 3. The third-order valence-electron chi connectivity index (χ3n) is 9.93. The van der Waals surface area contributed by atoms with E-state index in [1.165, 1.54) is 38.6 Å². The minimum atomic E-state index is 0.165. The van der Waals surface area contributed by atoms with Crippen molar-refractivity contribution in [3.05, 3.63) is 156 Å². The van der Waals surface area contributed by atoms with Crippen molar-refractivity contribution in [1.29, 1.82) is 0 Å². The molecule has 5 heteroatoms. The Morgan fingerprint density at radius 2 is 1.22 bits per heavy atom. The zero-order valence-corrected chi connectivity index (χ0v) is 28.1. The fraction of sp³-hybridized carbons (Fsp3) is 0.136. The highest BCUT2D eigenvalue weighted by atomic mass is 16.5. The summed E-state index contributed by atoms with van der Waals surface area (Å²) in [5.74, 6) is 2.04. The molecule has 0 fully saturated rings. The molecule has 0 bridgehead atoms.